The first-order chi connectivity index (χ1) is 27.7. The Hall–Kier alpha value is -7.43. The molecule has 0 fully saturated rings. The zero-order valence-electron chi connectivity index (χ0n) is 30.3. The van der Waals surface area contributed by atoms with Crippen LogP contribution in [0, 0.1) is 0 Å². The number of hydrogen-bond donors (Lipinski definition) is 0. The highest BCUT2D eigenvalue weighted by atomic mass is 16.5. The zero-order valence-corrected chi connectivity index (χ0v) is 30.3. The zero-order chi connectivity index (χ0) is 37.1. The summed E-state index contributed by atoms with van der Waals surface area (Å²) < 4.78 is 6.80. The van der Waals surface area contributed by atoms with E-state index >= 15 is 0 Å². The molecule has 1 aliphatic carbocycles. The minimum Gasteiger partial charge on any atom is -0.457 e. The van der Waals surface area contributed by atoms with Gasteiger partial charge in [0.05, 0.1) is 5.41 Å². The number of aromatic nitrogens is 3. The van der Waals surface area contributed by atoms with Crippen LogP contribution in [-0.4, -0.2) is 15.0 Å². The van der Waals surface area contributed by atoms with Crippen molar-refractivity contribution in [2.75, 3.05) is 0 Å². The molecular formula is C52H33N3O. The van der Waals surface area contributed by atoms with Crippen LogP contribution in [0.2, 0.25) is 0 Å². The van der Waals surface area contributed by atoms with Crippen molar-refractivity contribution >= 4 is 0 Å². The van der Waals surface area contributed by atoms with Crippen LogP contribution in [0.3, 0.4) is 0 Å². The summed E-state index contributed by atoms with van der Waals surface area (Å²) in [5, 5.41) is 0. The number of rotatable bonds is 5. The molecule has 0 saturated carbocycles. The molecular weight excluding hydrogens is 683 g/mol. The van der Waals surface area contributed by atoms with Crippen molar-refractivity contribution in [3.63, 3.8) is 0 Å². The van der Waals surface area contributed by atoms with Crippen molar-refractivity contribution in [2.24, 2.45) is 0 Å². The second kappa shape index (κ2) is 12.9. The first-order valence-corrected chi connectivity index (χ1v) is 18.9. The van der Waals surface area contributed by atoms with Gasteiger partial charge in [0.1, 0.15) is 11.5 Å². The van der Waals surface area contributed by atoms with E-state index in [1.54, 1.807) is 0 Å². The summed E-state index contributed by atoms with van der Waals surface area (Å²) in [7, 11) is 0. The molecule has 4 heteroatoms. The molecule has 262 valence electrons. The average molecular weight is 716 g/mol. The second-order valence-electron chi connectivity index (χ2n) is 14.3. The van der Waals surface area contributed by atoms with E-state index in [9.17, 15) is 0 Å². The Morgan fingerprint density at radius 2 is 0.661 bits per heavy atom. The monoisotopic (exact) mass is 715 g/mol. The van der Waals surface area contributed by atoms with E-state index in [-0.39, 0.29) is 0 Å². The first-order valence-electron chi connectivity index (χ1n) is 18.9. The van der Waals surface area contributed by atoms with Gasteiger partial charge < -0.3 is 4.74 Å². The van der Waals surface area contributed by atoms with E-state index in [0.717, 1.165) is 50.4 Å². The third kappa shape index (κ3) is 5.04. The Bertz CT molecular complexity index is 2880. The summed E-state index contributed by atoms with van der Waals surface area (Å²) in [5.74, 6) is 3.45. The summed E-state index contributed by atoms with van der Waals surface area (Å²) in [4.78, 5) is 15.2. The van der Waals surface area contributed by atoms with E-state index in [1.807, 2.05) is 42.5 Å². The van der Waals surface area contributed by atoms with E-state index in [1.165, 1.54) is 33.4 Å². The molecule has 9 aromatic rings. The summed E-state index contributed by atoms with van der Waals surface area (Å²) in [5.41, 5.74) is 14.1. The minimum atomic E-state index is -0.529. The van der Waals surface area contributed by atoms with Gasteiger partial charge in [-0.05, 0) is 56.6 Å². The number of fused-ring (bicyclic) bond motifs is 9. The van der Waals surface area contributed by atoms with Crippen molar-refractivity contribution in [1.29, 1.82) is 0 Å². The molecule has 0 unspecified atom stereocenters. The van der Waals surface area contributed by atoms with Gasteiger partial charge >= 0.3 is 0 Å². The van der Waals surface area contributed by atoms with Crippen LogP contribution in [0.25, 0.3) is 67.5 Å². The van der Waals surface area contributed by atoms with Gasteiger partial charge in [0.15, 0.2) is 17.5 Å². The molecule has 1 spiro atoms. The fraction of sp³-hybridized carbons (Fsp3) is 0.0192. The lowest BCUT2D eigenvalue weighted by Crippen LogP contribution is -2.32. The Kier molecular flexibility index (Phi) is 7.36. The Morgan fingerprint density at radius 1 is 0.286 bits per heavy atom. The largest absolute Gasteiger partial charge is 0.457 e. The maximum Gasteiger partial charge on any atom is 0.164 e. The Labute approximate surface area is 325 Å². The molecule has 2 aliphatic rings. The SMILES string of the molecule is c1ccc(-c2ccc(-c3ccc(-c4nc(-c5ccccc5)nc(-c5ccc6c(c5)Oc5ccccc5C65c6ccccc6-c6ccccc65)n4)cc3)cc2)cc1. The molecule has 8 aromatic carbocycles. The van der Waals surface area contributed by atoms with Crippen LogP contribution in [0.5, 0.6) is 11.5 Å². The van der Waals surface area contributed by atoms with Crippen molar-refractivity contribution in [2.45, 2.75) is 5.41 Å². The molecule has 0 N–H and O–H groups in total. The predicted octanol–water partition coefficient (Wildman–Crippen LogP) is 12.7. The third-order valence-corrected chi connectivity index (χ3v) is 11.2. The van der Waals surface area contributed by atoms with Crippen LogP contribution >= 0.6 is 0 Å². The van der Waals surface area contributed by atoms with Gasteiger partial charge in [0.2, 0.25) is 0 Å². The number of benzene rings is 8. The lowest BCUT2D eigenvalue weighted by atomic mass is 9.66. The van der Waals surface area contributed by atoms with Gasteiger partial charge in [-0.25, -0.2) is 15.0 Å². The van der Waals surface area contributed by atoms with Gasteiger partial charge in [-0.3, -0.25) is 0 Å². The Morgan fingerprint density at radius 3 is 1.23 bits per heavy atom. The standard InChI is InChI=1S/C52H33N3O/c1-3-13-34(14-4-1)35-23-25-36(26-24-35)37-27-29-39(30-28-37)50-53-49(38-15-5-2-6-16-38)54-51(55-50)40-31-32-46-48(33-40)56-47-22-12-11-21-45(47)52(46)43-19-9-7-17-41(43)42-18-8-10-20-44(42)52/h1-33H. The maximum atomic E-state index is 6.80. The topological polar surface area (TPSA) is 47.9 Å². The number of para-hydroxylation sites is 1. The van der Waals surface area contributed by atoms with Gasteiger partial charge in [-0.1, -0.05) is 188 Å². The summed E-state index contributed by atoms with van der Waals surface area (Å²) in [6.45, 7) is 0. The molecule has 0 bridgehead atoms. The molecule has 11 rings (SSSR count). The molecule has 0 saturated heterocycles. The van der Waals surface area contributed by atoms with E-state index < -0.39 is 5.41 Å². The Balaban J connectivity index is 1.02. The van der Waals surface area contributed by atoms with Crippen molar-refractivity contribution in [3.8, 4) is 79.0 Å². The molecule has 0 radical (unpaired) electrons. The number of hydrogen-bond acceptors (Lipinski definition) is 4. The molecule has 4 nitrogen and oxygen atoms in total. The van der Waals surface area contributed by atoms with Gasteiger partial charge in [0.25, 0.3) is 0 Å². The maximum absolute atomic E-state index is 6.80. The van der Waals surface area contributed by atoms with Crippen LogP contribution in [0.15, 0.2) is 200 Å². The van der Waals surface area contributed by atoms with Crippen LogP contribution < -0.4 is 4.74 Å². The molecule has 1 aromatic heterocycles. The minimum absolute atomic E-state index is 0.529. The van der Waals surface area contributed by atoms with Gasteiger partial charge in [-0.2, -0.15) is 0 Å². The van der Waals surface area contributed by atoms with E-state index in [0.29, 0.717) is 17.5 Å². The number of nitrogens with zero attached hydrogens (tertiary/aromatic N) is 3. The van der Waals surface area contributed by atoms with Crippen LogP contribution in [-0.2, 0) is 5.41 Å². The van der Waals surface area contributed by atoms with Crippen LogP contribution in [0.1, 0.15) is 22.3 Å². The highest BCUT2D eigenvalue weighted by Crippen LogP contribution is 2.62. The highest BCUT2D eigenvalue weighted by Gasteiger charge is 2.50. The normalized spacial score (nSPS) is 12.9. The third-order valence-electron chi connectivity index (χ3n) is 11.2. The number of ether oxygens (including phenoxy) is 1. The summed E-state index contributed by atoms with van der Waals surface area (Å²) in [6.07, 6.45) is 0. The smallest absolute Gasteiger partial charge is 0.164 e. The molecule has 1 aliphatic heterocycles. The fourth-order valence-corrected chi connectivity index (χ4v) is 8.65. The fourth-order valence-electron chi connectivity index (χ4n) is 8.65. The molecule has 2 heterocycles. The summed E-state index contributed by atoms with van der Waals surface area (Å²) in [6, 6.07) is 70.2. The van der Waals surface area contributed by atoms with Crippen molar-refractivity contribution < 1.29 is 4.74 Å². The van der Waals surface area contributed by atoms with Crippen molar-refractivity contribution in [3.05, 3.63) is 222 Å². The quantitative estimate of drug-likeness (QED) is 0.178. The van der Waals surface area contributed by atoms with Gasteiger partial charge in [-0.15, -0.1) is 0 Å². The van der Waals surface area contributed by atoms with E-state index in [2.05, 4.69) is 158 Å². The summed E-state index contributed by atoms with van der Waals surface area (Å²) >= 11 is 0. The van der Waals surface area contributed by atoms with E-state index in [4.69, 9.17) is 19.7 Å². The van der Waals surface area contributed by atoms with Crippen LogP contribution in [0.4, 0.5) is 0 Å². The molecule has 0 atom stereocenters. The first kappa shape index (κ1) is 32.0. The predicted molar refractivity (Wildman–Crippen MR) is 224 cm³/mol. The van der Waals surface area contributed by atoms with Gasteiger partial charge in [0, 0.05) is 27.8 Å². The second-order valence-corrected chi connectivity index (χ2v) is 14.3. The molecule has 0 amide bonds. The highest BCUT2D eigenvalue weighted by molar-refractivity contribution is 5.89. The lowest BCUT2D eigenvalue weighted by molar-refractivity contribution is 0.436. The van der Waals surface area contributed by atoms with Crippen molar-refractivity contribution in [1.82, 2.24) is 15.0 Å². The molecule has 56 heavy (non-hydrogen) atoms. The average Bonchev–Trinajstić information content (AvgIpc) is 3.57. The lowest BCUT2D eigenvalue weighted by Gasteiger charge is -2.39.